The number of hydrogen-bond donors (Lipinski definition) is 3. The number of nitrogens with zero attached hydrogens (tertiary/aromatic N) is 3. The average molecular weight is 218 g/mol. The molecule has 7 heteroatoms. The van der Waals surface area contributed by atoms with Crippen LogP contribution in [0.15, 0.2) is 24.7 Å². The molecule has 2 heterocycles. The second-order valence-corrected chi connectivity index (χ2v) is 3.10. The van der Waals surface area contributed by atoms with Gasteiger partial charge in [-0.1, -0.05) is 0 Å². The molecular formula is C9H10N6O. The third kappa shape index (κ3) is 2.32. The van der Waals surface area contributed by atoms with Crippen LogP contribution in [-0.2, 0) is 6.54 Å². The summed E-state index contributed by atoms with van der Waals surface area (Å²) in [5, 5.41) is 10.5. The highest BCUT2D eigenvalue weighted by molar-refractivity contribution is 5.90. The van der Waals surface area contributed by atoms with Crippen molar-refractivity contribution in [1.82, 2.24) is 20.2 Å². The summed E-state index contributed by atoms with van der Waals surface area (Å²) in [7, 11) is 0. The van der Waals surface area contributed by atoms with Crippen LogP contribution in [-0.4, -0.2) is 26.1 Å². The van der Waals surface area contributed by atoms with Crippen LogP contribution in [0.3, 0.4) is 0 Å². The van der Waals surface area contributed by atoms with Crippen molar-refractivity contribution in [3.05, 3.63) is 36.0 Å². The number of nitrogens with two attached hydrogens (primary N) is 1. The molecule has 2 aromatic heterocycles. The second-order valence-electron chi connectivity index (χ2n) is 3.10. The molecule has 16 heavy (non-hydrogen) atoms. The minimum atomic E-state index is -0.590. The van der Waals surface area contributed by atoms with E-state index in [0.29, 0.717) is 12.4 Å². The minimum absolute atomic E-state index is 0.145. The van der Waals surface area contributed by atoms with Crippen LogP contribution in [0.1, 0.15) is 16.2 Å². The molecule has 2 aromatic rings. The summed E-state index contributed by atoms with van der Waals surface area (Å²) in [6, 6.07) is 3.16. The van der Waals surface area contributed by atoms with Crippen molar-refractivity contribution in [2.75, 3.05) is 5.32 Å². The summed E-state index contributed by atoms with van der Waals surface area (Å²) in [4.78, 5) is 17.6. The van der Waals surface area contributed by atoms with Crippen LogP contribution in [0.5, 0.6) is 0 Å². The van der Waals surface area contributed by atoms with E-state index in [1.807, 2.05) is 0 Å². The van der Waals surface area contributed by atoms with E-state index in [4.69, 9.17) is 5.73 Å². The first kappa shape index (κ1) is 10.1. The maximum absolute atomic E-state index is 10.7. The summed E-state index contributed by atoms with van der Waals surface area (Å²) < 4.78 is 0. The second kappa shape index (κ2) is 4.39. The number of hydrogen-bond acceptors (Lipinski definition) is 5. The molecule has 0 unspecified atom stereocenters. The summed E-state index contributed by atoms with van der Waals surface area (Å²) in [5.41, 5.74) is 6.12. The van der Waals surface area contributed by atoms with Gasteiger partial charge in [0, 0.05) is 6.20 Å². The number of imidazole rings is 1. The molecule has 0 radical (unpaired) electrons. The largest absolute Gasteiger partial charge is 0.364 e. The molecule has 0 saturated heterocycles. The Bertz CT molecular complexity index is 463. The van der Waals surface area contributed by atoms with Crippen molar-refractivity contribution in [3.63, 3.8) is 0 Å². The molecule has 0 aliphatic rings. The van der Waals surface area contributed by atoms with E-state index >= 15 is 0 Å². The highest BCUT2D eigenvalue weighted by Crippen LogP contribution is 2.03. The van der Waals surface area contributed by atoms with Crippen molar-refractivity contribution in [2.45, 2.75) is 6.54 Å². The van der Waals surface area contributed by atoms with Gasteiger partial charge in [0.1, 0.15) is 5.82 Å². The number of primary amides is 1. The lowest BCUT2D eigenvalue weighted by Crippen LogP contribution is -2.14. The quantitative estimate of drug-likeness (QED) is 0.664. The van der Waals surface area contributed by atoms with Gasteiger partial charge in [0.25, 0.3) is 5.91 Å². The topological polar surface area (TPSA) is 110 Å². The Morgan fingerprint density at radius 2 is 2.31 bits per heavy atom. The maximum atomic E-state index is 10.7. The smallest absolute Gasteiger partial charge is 0.269 e. The molecule has 2 rings (SSSR count). The number of anilines is 1. The van der Waals surface area contributed by atoms with Crippen molar-refractivity contribution in [3.8, 4) is 0 Å². The normalized spacial score (nSPS) is 10.0. The van der Waals surface area contributed by atoms with Crippen molar-refractivity contribution in [2.24, 2.45) is 5.73 Å². The van der Waals surface area contributed by atoms with Crippen LogP contribution >= 0.6 is 0 Å². The molecule has 0 bridgehead atoms. The van der Waals surface area contributed by atoms with Crippen LogP contribution in [0, 0.1) is 0 Å². The fraction of sp³-hybridized carbons (Fsp3) is 0.111. The standard InChI is InChI=1S/C9H10N6O/c10-9(16)7-1-2-8(15-14-7)12-4-6-3-11-5-13-6/h1-3,5H,4H2,(H2,10,16)(H,11,13)(H,12,15). The first-order valence-electron chi connectivity index (χ1n) is 4.60. The van der Waals surface area contributed by atoms with Gasteiger partial charge in [-0.3, -0.25) is 4.79 Å². The Morgan fingerprint density at radius 1 is 1.44 bits per heavy atom. The third-order valence-corrected chi connectivity index (χ3v) is 1.93. The zero-order valence-corrected chi connectivity index (χ0v) is 8.34. The molecule has 0 atom stereocenters. The lowest BCUT2D eigenvalue weighted by atomic mass is 10.3. The molecule has 0 aliphatic heterocycles. The summed E-state index contributed by atoms with van der Waals surface area (Å²) in [6.07, 6.45) is 3.30. The Balaban J connectivity index is 1.98. The van der Waals surface area contributed by atoms with E-state index < -0.39 is 5.91 Å². The number of rotatable bonds is 4. The Hall–Kier alpha value is -2.44. The Morgan fingerprint density at radius 3 is 2.88 bits per heavy atom. The highest BCUT2D eigenvalue weighted by Gasteiger charge is 2.02. The maximum Gasteiger partial charge on any atom is 0.269 e. The number of aromatic amines is 1. The van der Waals surface area contributed by atoms with Crippen LogP contribution < -0.4 is 11.1 Å². The van der Waals surface area contributed by atoms with E-state index in [-0.39, 0.29) is 5.69 Å². The van der Waals surface area contributed by atoms with Gasteiger partial charge in [0.15, 0.2) is 5.69 Å². The molecule has 0 spiro atoms. The van der Waals surface area contributed by atoms with Gasteiger partial charge in [-0.2, -0.15) is 0 Å². The number of H-pyrrole nitrogens is 1. The van der Waals surface area contributed by atoms with Crippen molar-refractivity contribution in [1.29, 1.82) is 0 Å². The first-order valence-corrected chi connectivity index (χ1v) is 4.60. The number of nitrogens with one attached hydrogen (secondary N) is 2. The van der Waals surface area contributed by atoms with E-state index in [0.717, 1.165) is 5.69 Å². The van der Waals surface area contributed by atoms with Gasteiger partial charge in [-0.05, 0) is 12.1 Å². The van der Waals surface area contributed by atoms with E-state index in [9.17, 15) is 4.79 Å². The van der Waals surface area contributed by atoms with Crippen LogP contribution in [0.4, 0.5) is 5.82 Å². The summed E-state index contributed by atoms with van der Waals surface area (Å²) >= 11 is 0. The predicted molar refractivity (Wildman–Crippen MR) is 56.5 cm³/mol. The number of carbonyl (C=O) groups excluding carboxylic acids is 1. The zero-order chi connectivity index (χ0) is 11.4. The molecule has 82 valence electrons. The number of aromatic nitrogens is 4. The third-order valence-electron chi connectivity index (χ3n) is 1.93. The van der Waals surface area contributed by atoms with Crippen LogP contribution in [0.25, 0.3) is 0 Å². The molecule has 1 amide bonds. The van der Waals surface area contributed by atoms with Gasteiger partial charge < -0.3 is 16.0 Å². The van der Waals surface area contributed by atoms with Gasteiger partial charge in [-0.15, -0.1) is 10.2 Å². The van der Waals surface area contributed by atoms with E-state index in [2.05, 4.69) is 25.5 Å². The van der Waals surface area contributed by atoms with E-state index in [1.165, 1.54) is 6.07 Å². The Labute approximate surface area is 91.1 Å². The lowest BCUT2D eigenvalue weighted by Gasteiger charge is -2.02. The van der Waals surface area contributed by atoms with Crippen LogP contribution in [0.2, 0.25) is 0 Å². The fourth-order valence-corrected chi connectivity index (χ4v) is 1.13. The molecule has 7 nitrogen and oxygen atoms in total. The molecule has 0 aromatic carbocycles. The van der Waals surface area contributed by atoms with Gasteiger partial charge in [-0.25, -0.2) is 4.98 Å². The van der Waals surface area contributed by atoms with Gasteiger partial charge in [0.05, 0.1) is 18.6 Å². The number of amides is 1. The zero-order valence-electron chi connectivity index (χ0n) is 8.34. The summed E-state index contributed by atoms with van der Waals surface area (Å²) in [5.74, 6) is -0.0211. The monoisotopic (exact) mass is 218 g/mol. The molecular weight excluding hydrogens is 208 g/mol. The predicted octanol–water partition coefficient (Wildman–Crippen LogP) is -0.0893. The highest BCUT2D eigenvalue weighted by atomic mass is 16.1. The molecule has 0 saturated carbocycles. The molecule has 0 fully saturated rings. The Kier molecular flexibility index (Phi) is 2.77. The lowest BCUT2D eigenvalue weighted by molar-refractivity contribution is 0.0994. The molecule has 4 N–H and O–H groups in total. The minimum Gasteiger partial charge on any atom is -0.364 e. The fourth-order valence-electron chi connectivity index (χ4n) is 1.13. The SMILES string of the molecule is NC(=O)c1ccc(NCc2cnc[nH]2)nn1. The summed E-state index contributed by atoms with van der Waals surface area (Å²) in [6.45, 7) is 0.560. The van der Waals surface area contributed by atoms with E-state index in [1.54, 1.807) is 18.6 Å². The number of carbonyl (C=O) groups is 1. The first-order chi connectivity index (χ1) is 7.75. The molecule has 0 aliphatic carbocycles. The van der Waals surface area contributed by atoms with Gasteiger partial charge >= 0.3 is 0 Å². The van der Waals surface area contributed by atoms with Crippen molar-refractivity contribution >= 4 is 11.7 Å². The average Bonchev–Trinajstić information content (AvgIpc) is 2.80. The van der Waals surface area contributed by atoms with Crippen molar-refractivity contribution < 1.29 is 4.79 Å². The van der Waals surface area contributed by atoms with Gasteiger partial charge in [0.2, 0.25) is 0 Å².